The minimum absolute atomic E-state index is 0.232. The highest BCUT2D eigenvalue weighted by atomic mass is 16.8. The number of amides is 1. The van der Waals surface area contributed by atoms with Crippen molar-refractivity contribution in [1.82, 2.24) is 5.32 Å². The maximum Gasteiger partial charge on any atom is 0.220 e. The van der Waals surface area contributed by atoms with E-state index in [1.54, 1.807) is 6.08 Å². The second-order valence-electron chi connectivity index (χ2n) is 17.2. The van der Waals surface area contributed by atoms with Crippen LogP contribution in [-0.2, 0) is 33.2 Å². The van der Waals surface area contributed by atoms with E-state index in [4.69, 9.17) is 28.4 Å². The van der Waals surface area contributed by atoms with Crippen LogP contribution in [0.4, 0.5) is 0 Å². The summed E-state index contributed by atoms with van der Waals surface area (Å²) in [4.78, 5) is 13.1. The lowest BCUT2D eigenvalue weighted by molar-refractivity contribution is -0.379. The number of aliphatic hydroxyl groups excluding tert-OH is 11. The number of ether oxygens (including phenoxy) is 6. The number of carbonyl (C=O) groups is 1. The summed E-state index contributed by atoms with van der Waals surface area (Å²) in [6, 6.07) is -0.969. The smallest absolute Gasteiger partial charge is 0.220 e. The zero-order valence-electron chi connectivity index (χ0n) is 37.8. The van der Waals surface area contributed by atoms with E-state index in [-0.39, 0.29) is 18.9 Å². The highest BCUT2D eigenvalue weighted by molar-refractivity contribution is 5.76. The lowest BCUT2D eigenvalue weighted by atomic mass is 9.96. The zero-order valence-corrected chi connectivity index (χ0v) is 37.8. The number of rotatable bonds is 31. The molecular weight excluding hydrogens is 842 g/mol. The summed E-state index contributed by atoms with van der Waals surface area (Å²) in [6.45, 7) is 1.56. The van der Waals surface area contributed by atoms with Crippen LogP contribution < -0.4 is 5.32 Å². The molecule has 3 aliphatic heterocycles. The molecule has 1 amide bonds. The van der Waals surface area contributed by atoms with Gasteiger partial charge >= 0.3 is 0 Å². The third-order valence-electron chi connectivity index (χ3n) is 12.0. The Morgan fingerprint density at radius 1 is 0.547 bits per heavy atom. The second kappa shape index (κ2) is 31.3. The summed E-state index contributed by atoms with van der Waals surface area (Å²) in [6.07, 6.45) is -1.96. The van der Waals surface area contributed by atoms with Gasteiger partial charge in [-0.25, -0.2) is 0 Å². The first-order chi connectivity index (χ1) is 30.8. The molecule has 0 aromatic rings. The maximum atomic E-state index is 13.1. The number of unbranched alkanes of at least 4 members (excludes halogenated alkanes) is 13. The molecular formula is C45H81NO18. The number of nitrogens with one attached hydrogen (secondary N) is 1. The summed E-state index contributed by atoms with van der Waals surface area (Å²) in [5.74, 6) is -0.294. The Balaban J connectivity index is 1.58. The molecule has 3 fully saturated rings. The first kappa shape index (κ1) is 56.6. The topological polar surface area (TPSA) is 307 Å². The molecule has 0 aliphatic carbocycles. The average Bonchev–Trinajstić information content (AvgIpc) is 3.29. The van der Waals surface area contributed by atoms with Gasteiger partial charge in [0.25, 0.3) is 0 Å². The molecule has 19 heteroatoms. The van der Waals surface area contributed by atoms with Crippen molar-refractivity contribution < 1.29 is 89.4 Å². The average molecular weight is 924 g/mol. The number of hydrogen-bond acceptors (Lipinski definition) is 18. The lowest BCUT2D eigenvalue weighted by Gasteiger charge is -2.48. The van der Waals surface area contributed by atoms with Crippen molar-refractivity contribution >= 4 is 5.91 Å². The summed E-state index contributed by atoms with van der Waals surface area (Å²) in [5.41, 5.74) is 0. The van der Waals surface area contributed by atoms with Gasteiger partial charge in [-0.3, -0.25) is 4.79 Å². The van der Waals surface area contributed by atoms with E-state index in [0.29, 0.717) is 6.42 Å². The molecule has 12 N–H and O–H groups in total. The summed E-state index contributed by atoms with van der Waals surface area (Å²) >= 11 is 0. The number of carbonyl (C=O) groups excluding carboxylic acids is 1. The van der Waals surface area contributed by atoms with Gasteiger partial charge in [-0.15, -0.1) is 0 Å². The third kappa shape index (κ3) is 18.1. The van der Waals surface area contributed by atoms with Gasteiger partial charge in [0.1, 0.15) is 73.2 Å². The Kier molecular flexibility index (Phi) is 27.7. The molecule has 0 bridgehead atoms. The van der Waals surface area contributed by atoms with E-state index in [0.717, 1.165) is 77.0 Å². The molecule has 64 heavy (non-hydrogen) atoms. The number of allylic oxidation sites excluding steroid dienone is 3. The van der Waals surface area contributed by atoms with Crippen LogP contribution in [0, 0.1) is 0 Å². The summed E-state index contributed by atoms with van der Waals surface area (Å²) in [7, 11) is 0. The fraction of sp³-hybridized carbons (Fsp3) is 0.889. The van der Waals surface area contributed by atoms with E-state index in [1.165, 1.54) is 19.3 Å². The summed E-state index contributed by atoms with van der Waals surface area (Å²) < 4.78 is 33.9. The molecule has 17 unspecified atom stereocenters. The zero-order chi connectivity index (χ0) is 47.0. The van der Waals surface area contributed by atoms with Crippen molar-refractivity contribution in [3.63, 3.8) is 0 Å². The standard InChI is InChI=1S/C45H81NO18/c1-3-5-7-9-11-12-13-14-15-17-19-21-23-33(51)46-28(29(50)22-20-18-16-10-8-6-4-2)27-59-43-39(57)36(54)41(31(25-48)61-43)64-45-40(58)37(55)42(32(26-49)62-45)63-44-38(56)35(53)34(52)30(24-47)60-44/h11-12,20,22,28-32,34-45,47-50,52-58H,3-10,13-19,21,23-27H2,1-2H3,(H,46,51)/b12-11-,22-20+. The Labute approximate surface area is 378 Å². The highest BCUT2D eigenvalue weighted by Crippen LogP contribution is 2.33. The molecule has 3 heterocycles. The van der Waals surface area contributed by atoms with Gasteiger partial charge in [-0.05, 0) is 44.9 Å². The molecule has 19 nitrogen and oxygen atoms in total. The van der Waals surface area contributed by atoms with Crippen molar-refractivity contribution in [1.29, 1.82) is 0 Å². The predicted molar refractivity (Wildman–Crippen MR) is 231 cm³/mol. The Morgan fingerprint density at radius 3 is 1.55 bits per heavy atom. The van der Waals surface area contributed by atoms with E-state index in [9.17, 15) is 61.0 Å². The van der Waals surface area contributed by atoms with E-state index in [1.807, 2.05) is 6.08 Å². The SMILES string of the molecule is CCCCC/C=C\CCCCCCCC(=O)NC(COC1OC(CO)C(OC2OC(CO)C(OC3OC(CO)C(O)C(O)C3O)C(O)C2O)C(O)C1O)C(O)/C=C/CCCCCCC. The van der Waals surface area contributed by atoms with E-state index >= 15 is 0 Å². The Hall–Kier alpha value is -1.73. The van der Waals surface area contributed by atoms with Crippen molar-refractivity contribution in [2.45, 2.75) is 227 Å². The normalized spacial score (nSPS) is 34.7. The van der Waals surface area contributed by atoms with Crippen LogP contribution in [0.2, 0.25) is 0 Å². The van der Waals surface area contributed by atoms with Crippen molar-refractivity contribution in [2.75, 3.05) is 26.4 Å². The molecule has 3 rings (SSSR count). The van der Waals surface area contributed by atoms with Crippen LogP contribution >= 0.6 is 0 Å². The van der Waals surface area contributed by atoms with Crippen molar-refractivity contribution in [3.8, 4) is 0 Å². The fourth-order valence-electron chi connectivity index (χ4n) is 7.95. The molecule has 374 valence electrons. The minimum atomic E-state index is -1.97. The van der Waals surface area contributed by atoms with Gasteiger partial charge in [0.2, 0.25) is 5.91 Å². The number of hydrogen-bond donors (Lipinski definition) is 12. The van der Waals surface area contributed by atoms with Crippen LogP contribution in [0.25, 0.3) is 0 Å². The molecule has 0 aromatic carbocycles. The van der Waals surface area contributed by atoms with Gasteiger partial charge < -0.3 is 89.9 Å². The largest absolute Gasteiger partial charge is 0.394 e. The predicted octanol–water partition coefficient (Wildman–Crippen LogP) is 0.0809. The van der Waals surface area contributed by atoms with Crippen molar-refractivity contribution in [3.05, 3.63) is 24.3 Å². The third-order valence-corrected chi connectivity index (χ3v) is 12.0. The van der Waals surface area contributed by atoms with Gasteiger partial charge in [-0.1, -0.05) is 95.9 Å². The molecule has 0 aromatic heterocycles. The first-order valence-corrected chi connectivity index (χ1v) is 23.6. The van der Waals surface area contributed by atoms with Gasteiger partial charge in [0, 0.05) is 6.42 Å². The number of aliphatic hydroxyl groups is 11. The quantitative estimate of drug-likeness (QED) is 0.0324. The Bertz CT molecular complexity index is 1290. The van der Waals surface area contributed by atoms with E-state index in [2.05, 4.69) is 31.3 Å². The Morgan fingerprint density at radius 2 is 0.984 bits per heavy atom. The molecule has 0 saturated carbocycles. The van der Waals surface area contributed by atoms with Gasteiger partial charge in [0.05, 0.1) is 38.6 Å². The van der Waals surface area contributed by atoms with Gasteiger partial charge in [0.15, 0.2) is 18.9 Å². The monoisotopic (exact) mass is 924 g/mol. The molecule has 0 spiro atoms. The van der Waals surface area contributed by atoms with Crippen LogP contribution in [0.3, 0.4) is 0 Å². The first-order valence-electron chi connectivity index (χ1n) is 23.6. The minimum Gasteiger partial charge on any atom is -0.394 e. The fourth-order valence-corrected chi connectivity index (χ4v) is 7.95. The molecule has 0 radical (unpaired) electrons. The van der Waals surface area contributed by atoms with Crippen LogP contribution in [0.15, 0.2) is 24.3 Å². The van der Waals surface area contributed by atoms with E-state index < -0.39 is 124 Å². The van der Waals surface area contributed by atoms with Crippen LogP contribution in [0.5, 0.6) is 0 Å². The maximum absolute atomic E-state index is 13.1. The van der Waals surface area contributed by atoms with Crippen LogP contribution in [-0.4, -0.2) is 193 Å². The summed E-state index contributed by atoms with van der Waals surface area (Å²) in [5, 5.41) is 119. The lowest BCUT2D eigenvalue weighted by Crippen LogP contribution is -2.66. The molecule has 17 atom stereocenters. The van der Waals surface area contributed by atoms with Crippen molar-refractivity contribution in [2.24, 2.45) is 0 Å². The molecule has 3 saturated heterocycles. The highest BCUT2D eigenvalue weighted by Gasteiger charge is 2.53. The molecule has 3 aliphatic rings. The van der Waals surface area contributed by atoms with Crippen LogP contribution in [0.1, 0.15) is 123 Å². The second-order valence-corrected chi connectivity index (χ2v) is 17.2. The van der Waals surface area contributed by atoms with Gasteiger partial charge in [-0.2, -0.15) is 0 Å².